The van der Waals surface area contributed by atoms with Crippen LogP contribution in [0.2, 0.25) is 0 Å². The lowest BCUT2D eigenvalue weighted by molar-refractivity contribution is 0.446. The molecule has 0 fully saturated rings. The third kappa shape index (κ3) is 2.21. The van der Waals surface area contributed by atoms with Gasteiger partial charge in [0.25, 0.3) is 0 Å². The molecule has 0 atom stereocenters. The molecular formula is C15H11FN2O2. The van der Waals surface area contributed by atoms with Gasteiger partial charge in [-0.05, 0) is 30.3 Å². The quantitative estimate of drug-likeness (QED) is 0.700. The van der Waals surface area contributed by atoms with Crippen molar-refractivity contribution in [1.29, 1.82) is 0 Å². The molecule has 1 heterocycles. The number of aromatic nitrogens is 1. The molecule has 0 unspecified atom stereocenters. The summed E-state index contributed by atoms with van der Waals surface area (Å²) in [6.07, 6.45) is 1.53. The zero-order valence-corrected chi connectivity index (χ0v) is 10.4. The third-order valence-corrected chi connectivity index (χ3v) is 2.86. The average molecular weight is 270 g/mol. The van der Waals surface area contributed by atoms with Crippen molar-refractivity contribution in [2.45, 2.75) is 0 Å². The number of nitrogen functional groups attached to an aromatic ring is 1. The van der Waals surface area contributed by atoms with E-state index in [-0.39, 0.29) is 11.5 Å². The highest BCUT2D eigenvalue weighted by Crippen LogP contribution is 2.32. The summed E-state index contributed by atoms with van der Waals surface area (Å²) in [6, 6.07) is 10.6. The van der Waals surface area contributed by atoms with E-state index < -0.39 is 5.82 Å². The normalized spacial score (nSPS) is 10.7. The van der Waals surface area contributed by atoms with Crippen molar-refractivity contribution >= 4 is 16.6 Å². The summed E-state index contributed by atoms with van der Waals surface area (Å²) >= 11 is 0. The Kier molecular flexibility index (Phi) is 2.87. The first-order valence-corrected chi connectivity index (χ1v) is 5.94. The van der Waals surface area contributed by atoms with Crippen LogP contribution < -0.4 is 10.5 Å². The zero-order chi connectivity index (χ0) is 14.1. The van der Waals surface area contributed by atoms with E-state index in [9.17, 15) is 9.50 Å². The van der Waals surface area contributed by atoms with Crippen molar-refractivity contribution in [3.05, 3.63) is 54.5 Å². The molecule has 5 heteroatoms. The summed E-state index contributed by atoms with van der Waals surface area (Å²) in [6.45, 7) is 0. The number of aromatic hydroxyl groups is 1. The highest BCUT2D eigenvalue weighted by atomic mass is 19.1. The van der Waals surface area contributed by atoms with E-state index >= 15 is 0 Å². The van der Waals surface area contributed by atoms with Gasteiger partial charge >= 0.3 is 0 Å². The maximum absolute atomic E-state index is 13.7. The Morgan fingerprint density at radius 3 is 2.70 bits per heavy atom. The molecule has 0 amide bonds. The minimum atomic E-state index is -0.534. The Labute approximate surface area is 114 Å². The average Bonchev–Trinajstić information content (AvgIpc) is 2.41. The summed E-state index contributed by atoms with van der Waals surface area (Å²) < 4.78 is 19.3. The Morgan fingerprint density at radius 2 is 1.90 bits per heavy atom. The van der Waals surface area contributed by atoms with E-state index in [4.69, 9.17) is 10.5 Å². The first-order chi connectivity index (χ1) is 9.63. The fourth-order valence-electron chi connectivity index (χ4n) is 1.92. The predicted molar refractivity (Wildman–Crippen MR) is 74.3 cm³/mol. The fourth-order valence-corrected chi connectivity index (χ4v) is 1.92. The van der Waals surface area contributed by atoms with E-state index in [1.807, 2.05) is 0 Å². The molecular weight excluding hydrogens is 259 g/mol. The number of phenols is 1. The molecule has 0 radical (unpaired) electrons. The Bertz CT molecular complexity index is 790. The van der Waals surface area contributed by atoms with Crippen molar-refractivity contribution in [2.75, 3.05) is 5.73 Å². The minimum absolute atomic E-state index is 0.0831. The van der Waals surface area contributed by atoms with E-state index in [2.05, 4.69) is 4.98 Å². The highest BCUT2D eigenvalue weighted by molar-refractivity contribution is 5.86. The molecule has 0 bridgehead atoms. The van der Waals surface area contributed by atoms with Crippen LogP contribution in [0.1, 0.15) is 0 Å². The maximum Gasteiger partial charge on any atom is 0.167 e. The molecule has 2 aromatic carbocycles. The van der Waals surface area contributed by atoms with E-state index in [0.29, 0.717) is 22.3 Å². The number of anilines is 1. The van der Waals surface area contributed by atoms with Gasteiger partial charge in [0.05, 0.1) is 5.52 Å². The number of nitrogens with two attached hydrogens (primary N) is 1. The Balaban J connectivity index is 2.06. The second kappa shape index (κ2) is 4.70. The van der Waals surface area contributed by atoms with Gasteiger partial charge in [-0.15, -0.1) is 0 Å². The summed E-state index contributed by atoms with van der Waals surface area (Å²) in [5.74, 6) is 0.119. The first-order valence-electron chi connectivity index (χ1n) is 5.94. The molecule has 20 heavy (non-hydrogen) atoms. The van der Waals surface area contributed by atoms with Gasteiger partial charge < -0.3 is 15.6 Å². The molecule has 0 spiro atoms. The van der Waals surface area contributed by atoms with Gasteiger partial charge in [-0.25, -0.2) is 4.39 Å². The van der Waals surface area contributed by atoms with Crippen LogP contribution in [0.4, 0.5) is 10.1 Å². The number of rotatable bonds is 2. The number of hydrogen-bond acceptors (Lipinski definition) is 4. The largest absolute Gasteiger partial charge is 0.508 e. The van der Waals surface area contributed by atoms with Crippen LogP contribution in [0, 0.1) is 5.82 Å². The maximum atomic E-state index is 13.7. The first kappa shape index (κ1) is 12.2. The van der Waals surface area contributed by atoms with Gasteiger partial charge in [0.1, 0.15) is 11.5 Å². The predicted octanol–water partition coefficient (Wildman–Crippen LogP) is 3.45. The zero-order valence-electron chi connectivity index (χ0n) is 10.4. The van der Waals surface area contributed by atoms with E-state index in [1.54, 1.807) is 18.2 Å². The van der Waals surface area contributed by atoms with Gasteiger partial charge in [0.2, 0.25) is 0 Å². The molecule has 3 N–H and O–H groups in total. The molecule has 4 nitrogen and oxygen atoms in total. The molecule has 0 aliphatic heterocycles. The molecule has 0 saturated heterocycles. The van der Waals surface area contributed by atoms with Gasteiger partial charge in [0.15, 0.2) is 11.6 Å². The lowest BCUT2D eigenvalue weighted by atomic mass is 10.2. The summed E-state index contributed by atoms with van der Waals surface area (Å²) in [4.78, 5) is 4.13. The Morgan fingerprint density at radius 1 is 1.05 bits per heavy atom. The van der Waals surface area contributed by atoms with Crippen LogP contribution in [-0.4, -0.2) is 10.1 Å². The number of fused-ring (bicyclic) bond motifs is 1. The molecule has 0 aliphatic carbocycles. The SMILES string of the molecule is Nc1ccc(Oc2ccnc3cc(O)ccc23)c(F)c1. The van der Waals surface area contributed by atoms with Gasteiger partial charge in [-0.3, -0.25) is 4.98 Å². The van der Waals surface area contributed by atoms with Crippen LogP contribution in [-0.2, 0) is 0 Å². The summed E-state index contributed by atoms with van der Waals surface area (Å²) in [5, 5.41) is 10.1. The van der Waals surface area contributed by atoms with Gasteiger partial charge in [-0.2, -0.15) is 0 Å². The minimum Gasteiger partial charge on any atom is -0.508 e. The summed E-state index contributed by atoms with van der Waals surface area (Å²) in [7, 11) is 0. The highest BCUT2D eigenvalue weighted by Gasteiger charge is 2.09. The van der Waals surface area contributed by atoms with Crippen molar-refractivity contribution < 1.29 is 14.2 Å². The topological polar surface area (TPSA) is 68.4 Å². The van der Waals surface area contributed by atoms with Crippen molar-refractivity contribution in [3.8, 4) is 17.2 Å². The van der Waals surface area contributed by atoms with Gasteiger partial charge in [0, 0.05) is 29.4 Å². The fraction of sp³-hybridized carbons (Fsp3) is 0. The molecule has 3 rings (SSSR count). The van der Waals surface area contributed by atoms with Gasteiger partial charge in [-0.1, -0.05) is 0 Å². The number of benzene rings is 2. The number of nitrogens with zero attached hydrogens (tertiary/aromatic N) is 1. The van der Waals surface area contributed by atoms with Crippen LogP contribution in [0.3, 0.4) is 0 Å². The van der Waals surface area contributed by atoms with E-state index in [0.717, 1.165) is 0 Å². The number of pyridine rings is 1. The van der Waals surface area contributed by atoms with Crippen molar-refractivity contribution in [2.24, 2.45) is 0 Å². The molecule has 3 aromatic rings. The smallest absolute Gasteiger partial charge is 0.167 e. The number of phenolic OH excluding ortho intramolecular Hbond substituents is 1. The second-order valence-corrected chi connectivity index (χ2v) is 4.30. The van der Waals surface area contributed by atoms with Crippen LogP contribution in [0.5, 0.6) is 17.2 Å². The monoisotopic (exact) mass is 270 g/mol. The lowest BCUT2D eigenvalue weighted by Crippen LogP contribution is -1.92. The molecule has 100 valence electrons. The Hall–Kier alpha value is -2.82. The van der Waals surface area contributed by atoms with E-state index in [1.165, 1.54) is 30.5 Å². The van der Waals surface area contributed by atoms with Crippen molar-refractivity contribution in [3.63, 3.8) is 0 Å². The standard InChI is InChI=1S/C15H11FN2O2/c16-12-7-9(17)1-4-15(12)20-14-5-6-18-13-8-10(19)2-3-11(13)14/h1-8,19H,17H2. The number of hydrogen-bond donors (Lipinski definition) is 2. The number of halogens is 1. The summed E-state index contributed by atoms with van der Waals surface area (Å²) in [5.41, 5.74) is 6.40. The molecule has 0 aliphatic rings. The molecule has 0 saturated carbocycles. The third-order valence-electron chi connectivity index (χ3n) is 2.86. The van der Waals surface area contributed by atoms with Crippen LogP contribution in [0.25, 0.3) is 10.9 Å². The van der Waals surface area contributed by atoms with Crippen LogP contribution >= 0.6 is 0 Å². The molecule has 1 aromatic heterocycles. The van der Waals surface area contributed by atoms with Crippen LogP contribution in [0.15, 0.2) is 48.7 Å². The second-order valence-electron chi connectivity index (χ2n) is 4.30. The number of ether oxygens (including phenoxy) is 1. The lowest BCUT2D eigenvalue weighted by Gasteiger charge is -2.09. The van der Waals surface area contributed by atoms with Crippen molar-refractivity contribution in [1.82, 2.24) is 4.98 Å².